The zero-order valence-electron chi connectivity index (χ0n) is 19.9. The molecule has 2 saturated heterocycles. The number of fused-ring (bicyclic) bond motifs is 1. The standard InChI is InChI=1S/C24H29Cl2N7O2/c1-13-12-31(6-7-32(13)24(35)20-9-17(34)10-27-20)21-11-28-22-14(2)30-33(23(22)29-21)15(3)18-5-4-16(25)8-19(18)26/h4-5,8,11,13,15,17,20,27,34H,6-7,9-10,12H2,1-3H3. The lowest BCUT2D eigenvalue weighted by molar-refractivity contribution is -0.135. The van der Waals surface area contributed by atoms with Gasteiger partial charge in [0.1, 0.15) is 11.3 Å². The van der Waals surface area contributed by atoms with E-state index in [1.807, 2.05) is 42.5 Å². The molecular formula is C24H29Cl2N7O2. The van der Waals surface area contributed by atoms with Crippen molar-refractivity contribution in [2.75, 3.05) is 31.1 Å². The summed E-state index contributed by atoms with van der Waals surface area (Å²) >= 11 is 12.6. The smallest absolute Gasteiger partial charge is 0.240 e. The molecular weight excluding hydrogens is 489 g/mol. The number of nitrogens with zero attached hydrogens (tertiary/aromatic N) is 6. The lowest BCUT2D eigenvalue weighted by atomic mass is 10.1. The molecule has 2 N–H and O–H groups in total. The molecule has 0 aliphatic carbocycles. The van der Waals surface area contributed by atoms with Crippen LogP contribution < -0.4 is 10.2 Å². The summed E-state index contributed by atoms with van der Waals surface area (Å²) in [7, 11) is 0. The van der Waals surface area contributed by atoms with Gasteiger partial charge in [0.05, 0.1) is 30.1 Å². The summed E-state index contributed by atoms with van der Waals surface area (Å²) < 4.78 is 1.86. The van der Waals surface area contributed by atoms with Gasteiger partial charge in [-0.1, -0.05) is 29.3 Å². The summed E-state index contributed by atoms with van der Waals surface area (Å²) in [5.74, 6) is 0.805. The van der Waals surface area contributed by atoms with Gasteiger partial charge in [-0.05, 0) is 44.9 Å². The molecule has 4 unspecified atom stereocenters. The van der Waals surface area contributed by atoms with Gasteiger partial charge in [0.2, 0.25) is 5.91 Å². The number of hydrogen-bond donors (Lipinski definition) is 2. The van der Waals surface area contributed by atoms with E-state index in [4.69, 9.17) is 33.3 Å². The second-order valence-electron chi connectivity index (χ2n) is 9.45. The third-order valence-electron chi connectivity index (χ3n) is 6.98. The number of nitrogens with one attached hydrogen (secondary N) is 1. The number of carbonyl (C=O) groups excluding carboxylic acids is 1. The van der Waals surface area contributed by atoms with E-state index in [1.165, 1.54) is 0 Å². The van der Waals surface area contributed by atoms with Crippen LogP contribution >= 0.6 is 23.2 Å². The van der Waals surface area contributed by atoms with Gasteiger partial charge in [-0.3, -0.25) is 4.79 Å². The van der Waals surface area contributed by atoms with Gasteiger partial charge in [0.25, 0.3) is 0 Å². The molecule has 4 heterocycles. The predicted molar refractivity (Wildman–Crippen MR) is 136 cm³/mol. The highest BCUT2D eigenvalue weighted by Gasteiger charge is 2.36. The average molecular weight is 518 g/mol. The fraction of sp³-hybridized carbons (Fsp3) is 0.500. The van der Waals surface area contributed by atoms with Crippen LogP contribution in [0.2, 0.25) is 10.0 Å². The van der Waals surface area contributed by atoms with Crippen LogP contribution in [0.25, 0.3) is 11.2 Å². The Hall–Kier alpha value is -2.46. The molecule has 5 rings (SSSR count). The molecule has 2 aliphatic rings. The first-order chi connectivity index (χ1) is 16.7. The number of amides is 1. The minimum Gasteiger partial charge on any atom is -0.392 e. The van der Waals surface area contributed by atoms with Gasteiger partial charge in [-0.2, -0.15) is 5.10 Å². The Kier molecular flexibility index (Phi) is 6.61. The second-order valence-corrected chi connectivity index (χ2v) is 10.3. The van der Waals surface area contributed by atoms with Crippen molar-refractivity contribution < 1.29 is 9.90 Å². The van der Waals surface area contributed by atoms with E-state index in [-0.39, 0.29) is 24.0 Å². The fourth-order valence-corrected chi connectivity index (χ4v) is 5.60. The van der Waals surface area contributed by atoms with Crippen LogP contribution in [0.5, 0.6) is 0 Å². The topological polar surface area (TPSA) is 99.4 Å². The highest BCUT2D eigenvalue weighted by molar-refractivity contribution is 6.35. The number of rotatable bonds is 4. The number of aryl methyl sites for hydroxylation is 1. The Morgan fingerprint density at radius 2 is 2.09 bits per heavy atom. The van der Waals surface area contributed by atoms with E-state index < -0.39 is 6.10 Å². The number of anilines is 1. The molecule has 3 aromatic rings. The molecule has 35 heavy (non-hydrogen) atoms. The summed E-state index contributed by atoms with van der Waals surface area (Å²) in [5.41, 5.74) is 3.14. The van der Waals surface area contributed by atoms with E-state index in [0.29, 0.717) is 48.3 Å². The normalized spacial score (nSPS) is 23.8. The summed E-state index contributed by atoms with van der Waals surface area (Å²) in [6.07, 6.45) is 1.79. The number of halogens is 2. The third-order valence-corrected chi connectivity index (χ3v) is 7.54. The fourth-order valence-electron chi connectivity index (χ4n) is 5.03. The highest BCUT2D eigenvalue weighted by atomic mass is 35.5. The van der Waals surface area contributed by atoms with Crippen molar-refractivity contribution >= 4 is 46.1 Å². The average Bonchev–Trinajstić information content (AvgIpc) is 3.41. The maximum Gasteiger partial charge on any atom is 0.240 e. The van der Waals surface area contributed by atoms with E-state index >= 15 is 0 Å². The Balaban J connectivity index is 1.38. The highest BCUT2D eigenvalue weighted by Crippen LogP contribution is 2.31. The van der Waals surface area contributed by atoms with Crippen molar-refractivity contribution in [3.8, 4) is 0 Å². The molecule has 1 amide bonds. The van der Waals surface area contributed by atoms with Crippen LogP contribution in [-0.4, -0.2) is 80.0 Å². The van der Waals surface area contributed by atoms with Crippen LogP contribution in [0.1, 0.15) is 37.6 Å². The first kappa shape index (κ1) is 24.2. The SMILES string of the molecule is Cc1nn(C(C)c2ccc(Cl)cc2Cl)c2nc(N3CCN(C(=O)C4CC(O)CN4)C(C)C3)cnc12. The third kappa shape index (κ3) is 4.58. The second kappa shape index (κ2) is 9.54. The van der Waals surface area contributed by atoms with Gasteiger partial charge in [0.15, 0.2) is 5.65 Å². The molecule has 2 fully saturated rings. The predicted octanol–water partition coefficient (Wildman–Crippen LogP) is 2.81. The van der Waals surface area contributed by atoms with E-state index in [9.17, 15) is 9.90 Å². The monoisotopic (exact) mass is 517 g/mol. The van der Waals surface area contributed by atoms with E-state index in [1.54, 1.807) is 12.3 Å². The van der Waals surface area contributed by atoms with E-state index in [0.717, 1.165) is 22.6 Å². The largest absolute Gasteiger partial charge is 0.392 e. The van der Waals surface area contributed by atoms with Crippen molar-refractivity contribution in [3.05, 3.63) is 45.7 Å². The number of benzene rings is 1. The van der Waals surface area contributed by atoms with E-state index in [2.05, 4.69) is 15.2 Å². The van der Waals surface area contributed by atoms with Crippen LogP contribution in [0, 0.1) is 6.92 Å². The van der Waals surface area contributed by atoms with Gasteiger partial charge in [-0.15, -0.1) is 0 Å². The number of carbonyl (C=O) groups is 1. The van der Waals surface area contributed by atoms with Gasteiger partial charge in [-0.25, -0.2) is 14.6 Å². The number of aliphatic hydroxyl groups excluding tert-OH is 1. The summed E-state index contributed by atoms with van der Waals surface area (Å²) in [6.45, 7) is 8.33. The quantitative estimate of drug-likeness (QED) is 0.548. The Morgan fingerprint density at radius 3 is 2.77 bits per heavy atom. The van der Waals surface area contributed by atoms with Crippen LogP contribution in [0.3, 0.4) is 0 Å². The molecule has 0 radical (unpaired) electrons. The van der Waals surface area contributed by atoms with Crippen molar-refractivity contribution in [3.63, 3.8) is 0 Å². The number of aromatic nitrogens is 4. The minimum absolute atomic E-state index is 0.00624. The maximum atomic E-state index is 13.0. The molecule has 186 valence electrons. The summed E-state index contributed by atoms with van der Waals surface area (Å²) in [4.78, 5) is 26.6. The number of β-amino-alcohol motifs (C(OH)–C–C–N with tert-alkyl or cyclic N) is 1. The molecule has 2 aromatic heterocycles. The first-order valence-corrected chi connectivity index (χ1v) is 12.6. The molecule has 4 atom stereocenters. The lowest BCUT2D eigenvalue weighted by Crippen LogP contribution is -2.57. The lowest BCUT2D eigenvalue weighted by Gasteiger charge is -2.41. The van der Waals surface area contributed by atoms with Crippen LogP contribution in [-0.2, 0) is 4.79 Å². The van der Waals surface area contributed by atoms with Crippen molar-refractivity contribution in [1.29, 1.82) is 0 Å². The maximum absolute atomic E-state index is 13.0. The van der Waals surface area contributed by atoms with Crippen molar-refractivity contribution in [1.82, 2.24) is 30.0 Å². The molecule has 0 saturated carbocycles. The number of piperazine rings is 1. The Morgan fingerprint density at radius 1 is 1.29 bits per heavy atom. The summed E-state index contributed by atoms with van der Waals surface area (Å²) in [5, 5.41) is 18.8. The van der Waals surface area contributed by atoms with Crippen LogP contribution in [0.15, 0.2) is 24.4 Å². The van der Waals surface area contributed by atoms with Gasteiger partial charge < -0.3 is 20.2 Å². The van der Waals surface area contributed by atoms with Gasteiger partial charge >= 0.3 is 0 Å². The summed E-state index contributed by atoms with van der Waals surface area (Å²) in [6, 6.07) is 4.99. The Bertz CT molecular complexity index is 1270. The zero-order chi connectivity index (χ0) is 24.9. The first-order valence-electron chi connectivity index (χ1n) is 11.9. The molecule has 9 nitrogen and oxygen atoms in total. The Labute approximate surface area is 214 Å². The zero-order valence-corrected chi connectivity index (χ0v) is 21.5. The molecule has 1 aromatic carbocycles. The number of aliphatic hydroxyl groups is 1. The molecule has 0 spiro atoms. The molecule has 11 heteroatoms. The van der Waals surface area contributed by atoms with Crippen molar-refractivity contribution in [2.45, 2.75) is 51.4 Å². The molecule has 0 bridgehead atoms. The molecule has 2 aliphatic heterocycles. The van der Waals surface area contributed by atoms with Gasteiger partial charge in [0, 0.05) is 42.3 Å². The van der Waals surface area contributed by atoms with Crippen LogP contribution in [0.4, 0.5) is 5.82 Å². The van der Waals surface area contributed by atoms with Crippen molar-refractivity contribution in [2.24, 2.45) is 0 Å². The minimum atomic E-state index is -0.457. The number of hydrogen-bond acceptors (Lipinski definition) is 7.